The maximum Gasteiger partial charge on any atom is 0.337 e. The molecule has 7 heteroatoms. The summed E-state index contributed by atoms with van der Waals surface area (Å²) in [7, 11) is 1.38. The first-order valence-electron chi connectivity index (χ1n) is 10.6. The van der Waals surface area contributed by atoms with E-state index in [0.717, 1.165) is 38.3 Å². The van der Waals surface area contributed by atoms with Crippen LogP contribution in [0.1, 0.15) is 44.4 Å². The Kier molecular flexibility index (Phi) is 6.04. The van der Waals surface area contributed by atoms with Gasteiger partial charge >= 0.3 is 5.97 Å². The van der Waals surface area contributed by atoms with E-state index in [1.54, 1.807) is 36.4 Å². The molecule has 0 saturated carbocycles. The lowest BCUT2D eigenvalue weighted by molar-refractivity contribution is 0.0597. The molecule has 2 aliphatic heterocycles. The van der Waals surface area contributed by atoms with Crippen molar-refractivity contribution in [2.24, 2.45) is 0 Å². The van der Waals surface area contributed by atoms with E-state index in [9.17, 15) is 14.4 Å². The van der Waals surface area contributed by atoms with Crippen molar-refractivity contribution in [3.8, 4) is 0 Å². The average Bonchev–Trinajstić information content (AvgIpc) is 3.04. The maximum absolute atomic E-state index is 12.5. The highest BCUT2D eigenvalue weighted by atomic mass is 16.5. The minimum absolute atomic E-state index is 0.186. The number of imide groups is 1. The lowest BCUT2D eigenvalue weighted by Gasteiger charge is -2.41. The molecule has 0 aromatic heterocycles. The van der Waals surface area contributed by atoms with Crippen LogP contribution in [0.3, 0.4) is 0 Å². The number of ether oxygens (including phenoxy) is 1. The second-order valence-electron chi connectivity index (χ2n) is 8.03. The molecule has 2 aromatic rings. The Morgan fingerprint density at radius 2 is 1.61 bits per heavy atom. The van der Waals surface area contributed by atoms with Crippen LogP contribution in [0.15, 0.2) is 48.5 Å². The van der Waals surface area contributed by atoms with Crippen molar-refractivity contribution in [1.82, 2.24) is 9.80 Å². The summed E-state index contributed by atoms with van der Waals surface area (Å²) >= 11 is 0. The molecule has 0 N–H and O–H groups in total. The third-order valence-electron chi connectivity index (χ3n) is 6.12. The van der Waals surface area contributed by atoms with Gasteiger partial charge in [-0.25, -0.2) is 4.79 Å². The van der Waals surface area contributed by atoms with E-state index in [2.05, 4.69) is 16.7 Å². The van der Waals surface area contributed by atoms with Crippen LogP contribution in [0.25, 0.3) is 0 Å². The van der Waals surface area contributed by atoms with Crippen LogP contribution in [0.2, 0.25) is 0 Å². The number of anilines is 1. The van der Waals surface area contributed by atoms with Gasteiger partial charge in [0.25, 0.3) is 11.8 Å². The topological polar surface area (TPSA) is 70.2 Å². The van der Waals surface area contributed by atoms with Crippen LogP contribution < -0.4 is 4.90 Å². The molecule has 2 aromatic carbocycles. The summed E-state index contributed by atoms with van der Waals surface area (Å²) in [6.07, 6.45) is 0.754. The lowest BCUT2D eigenvalue weighted by Crippen LogP contribution is -2.52. The highest BCUT2D eigenvalue weighted by Gasteiger charge is 2.34. The fraction of sp³-hybridized carbons (Fsp3) is 0.375. The molecule has 0 aliphatic carbocycles. The Bertz CT molecular complexity index is 954. The number of hydrogen-bond acceptors (Lipinski definition) is 6. The number of methoxy groups -OCH3 is 1. The third kappa shape index (κ3) is 4.18. The van der Waals surface area contributed by atoms with Gasteiger partial charge < -0.3 is 9.64 Å². The van der Waals surface area contributed by atoms with Gasteiger partial charge in [0.05, 0.1) is 23.8 Å². The molecule has 0 bridgehead atoms. The predicted molar refractivity (Wildman–Crippen MR) is 117 cm³/mol. The zero-order valence-electron chi connectivity index (χ0n) is 17.9. The van der Waals surface area contributed by atoms with Crippen LogP contribution in [0.4, 0.5) is 5.69 Å². The smallest absolute Gasteiger partial charge is 0.337 e. The number of rotatable bonds is 6. The lowest BCUT2D eigenvalue weighted by atomic mass is 10.1. The Morgan fingerprint density at radius 3 is 2.19 bits per heavy atom. The molecule has 1 unspecified atom stereocenters. The summed E-state index contributed by atoms with van der Waals surface area (Å²) in [5.74, 6) is -0.703. The summed E-state index contributed by atoms with van der Waals surface area (Å²) < 4.78 is 4.75. The van der Waals surface area contributed by atoms with Crippen LogP contribution >= 0.6 is 0 Å². The Balaban J connectivity index is 1.28. The molecule has 0 spiro atoms. The second kappa shape index (κ2) is 8.89. The zero-order valence-corrected chi connectivity index (χ0v) is 17.9. The van der Waals surface area contributed by atoms with Crippen LogP contribution in [0, 0.1) is 0 Å². The Labute approximate surface area is 182 Å². The SMILES string of the molecule is COC(=O)c1ccc(N2CCN(CCCN3C(=O)c4ccccc4C3=O)C(C)C2)cc1. The second-order valence-corrected chi connectivity index (χ2v) is 8.03. The molecule has 31 heavy (non-hydrogen) atoms. The van der Waals surface area contributed by atoms with Crippen molar-refractivity contribution in [3.63, 3.8) is 0 Å². The largest absolute Gasteiger partial charge is 0.465 e. The van der Waals surface area contributed by atoms with Crippen molar-refractivity contribution in [3.05, 3.63) is 65.2 Å². The van der Waals surface area contributed by atoms with Crippen molar-refractivity contribution in [1.29, 1.82) is 0 Å². The molecule has 7 nitrogen and oxygen atoms in total. The van der Waals surface area contributed by atoms with Crippen molar-refractivity contribution in [2.45, 2.75) is 19.4 Å². The summed E-state index contributed by atoms with van der Waals surface area (Å²) in [6, 6.07) is 14.9. The summed E-state index contributed by atoms with van der Waals surface area (Å²) in [5, 5.41) is 0. The zero-order chi connectivity index (χ0) is 22.0. The first-order valence-corrected chi connectivity index (χ1v) is 10.6. The van der Waals surface area contributed by atoms with E-state index in [0.29, 0.717) is 29.3 Å². The van der Waals surface area contributed by atoms with E-state index in [1.807, 2.05) is 12.1 Å². The molecular formula is C24H27N3O4. The van der Waals surface area contributed by atoms with Crippen LogP contribution in [0.5, 0.6) is 0 Å². The van der Waals surface area contributed by atoms with E-state index in [4.69, 9.17) is 4.74 Å². The number of fused-ring (bicyclic) bond motifs is 1. The highest BCUT2D eigenvalue weighted by Crippen LogP contribution is 2.23. The van der Waals surface area contributed by atoms with Gasteiger partial charge in [-0.3, -0.25) is 19.4 Å². The van der Waals surface area contributed by atoms with Crippen molar-refractivity contribution < 1.29 is 19.1 Å². The molecule has 2 heterocycles. The van der Waals surface area contributed by atoms with Crippen LogP contribution in [-0.4, -0.2) is 73.5 Å². The number of esters is 1. The van der Waals surface area contributed by atoms with E-state index < -0.39 is 0 Å². The Hall–Kier alpha value is -3.19. The van der Waals surface area contributed by atoms with Gasteiger partial charge in [-0.1, -0.05) is 12.1 Å². The van der Waals surface area contributed by atoms with Gasteiger partial charge in [-0.05, 0) is 49.7 Å². The number of benzene rings is 2. The summed E-state index contributed by atoms with van der Waals surface area (Å²) in [5.41, 5.74) is 2.65. The molecular weight excluding hydrogens is 394 g/mol. The van der Waals surface area contributed by atoms with E-state index in [-0.39, 0.29) is 17.8 Å². The minimum atomic E-state index is -0.331. The first kappa shape index (κ1) is 21.1. The highest BCUT2D eigenvalue weighted by molar-refractivity contribution is 6.21. The number of piperazine rings is 1. The maximum atomic E-state index is 12.5. The number of hydrogen-bond donors (Lipinski definition) is 0. The number of amides is 2. The summed E-state index contributed by atoms with van der Waals surface area (Å²) in [4.78, 5) is 42.7. The first-order chi connectivity index (χ1) is 15.0. The van der Waals surface area contributed by atoms with Gasteiger partial charge in [0.2, 0.25) is 0 Å². The predicted octanol–water partition coefficient (Wildman–Crippen LogP) is 2.67. The van der Waals surface area contributed by atoms with Gasteiger partial charge in [0.15, 0.2) is 0 Å². The molecule has 162 valence electrons. The molecule has 1 saturated heterocycles. The minimum Gasteiger partial charge on any atom is -0.465 e. The fourth-order valence-electron chi connectivity index (χ4n) is 4.36. The normalized spacial score (nSPS) is 19.0. The third-order valence-corrected chi connectivity index (χ3v) is 6.12. The van der Waals surface area contributed by atoms with E-state index in [1.165, 1.54) is 12.0 Å². The fourth-order valence-corrected chi connectivity index (χ4v) is 4.36. The quantitative estimate of drug-likeness (QED) is 0.528. The standard InChI is InChI=1S/C24H27N3O4/c1-17-16-26(19-10-8-18(9-11-19)24(30)31-2)15-14-25(17)12-5-13-27-22(28)20-6-3-4-7-21(20)23(27)29/h3-4,6-11,17H,5,12-16H2,1-2H3. The molecule has 2 amide bonds. The van der Waals surface area contributed by atoms with Crippen LogP contribution in [-0.2, 0) is 4.74 Å². The number of carbonyl (C=O) groups excluding carboxylic acids is 3. The van der Waals surface area contributed by atoms with E-state index >= 15 is 0 Å². The van der Waals surface area contributed by atoms with Gasteiger partial charge in [0.1, 0.15) is 0 Å². The number of nitrogens with zero attached hydrogens (tertiary/aromatic N) is 3. The Morgan fingerprint density at radius 1 is 0.968 bits per heavy atom. The monoisotopic (exact) mass is 421 g/mol. The van der Waals surface area contributed by atoms with Gasteiger partial charge in [0, 0.05) is 44.5 Å². The van der Waals surface area contributed by atoms with Crippen molar-refractivity contribution >= 4 is 23.5 Å². The molecule has 1 atom stereocenters. The van der Waals surface area contributed by atoms with Gasteiger partial charge in [-0.2, -0.15) is 0 Å². The molecule has 2 aliphatic rings. The van der Waals surface area contributed by atoms with Gasteiger partial charge in [-0.15, -0.1) is 0 Å². The summed E-state index contributed by atoms with van der Waals surface area (Å²) in [6.45, 7) is 6.14. The average molecular weight is 421 g/mol. The molecule has 1 fully saturated rings. The molecule has 0 radical (unpaired) electrons. The number of carbonyl (C=O) groups is 3. The molecule has 4 rings (SSSR count). The van der Waals surface area contributed by atoms with Crippen molar-refractivity contribution in [2.75, 3.05) is 44.7 Å².